The zero-order valence-electron chi connectivity index (χ0n) is 19.5. The van der Waals surface area contributed by atoms with Crippen LogP contribution in [0.25, 0.3) is 0 Å². The molecule has 0 bridgehead atoms. The lowest BCUT2D eigenvalue weighted by Gasteiger charge is -2.15. The number of hydrogen-bond acceptors (Lipinski definition) is 4. The first-order valence-corrected chi connectivity index (χ1v) is 12.1. The molecule has 0 heterocycles. The molecule has 0 unspecified atom stereocenters. The van der Waals surface area contributed by atoms with Crippen molar-refractivity contribution in [2.75, 3.05) is 0 Å². The number of phenols is 2. The van der Waals surface area contributed by atoms with Gasteiger partial charge in [0.15, 0.2) is 11.5 Å². The van der Waals surface area contributed by atoms with Crippen molar-refractivity contribution >= 4 is 11.9 Å². The maximum atomic E-state index is 12.1. The van der Waals surface area contributed by atoms with E-state index in [0.717, 1.165) is 32.1 Å². The van der Waals surface area contributed by atoms with E-state index in [4.69, 9.17) is 0 Å². The lowest BCUT2D eigenvalue weighted by Crippen LogP contribution is -2.42. The molecule has 1 atom stereocenters. The number of phenolic OH excluding ortho intramolecular Hbond substituents is 2. The van der Waals surface area contributed by atoms with Crippen molar-refractivity contribution in [3.63, 3.8) is 0 Å². The van der Waals surface area contributed by atoms with Crippen LogP contribution >= 0.6 is 0 Å². The summed E-state index contributed by atoms with van der Waals surface area (Å²) in [7, 11) is 0. The highest BCUT2D eigenvalue weighted by atomic mass is 16.4. The van der Waals surface area contributed by atoms with Gasteiger partial charge in [0.1, 0.15) is 6.04 Å². The highest BCUT2D eigenvalue weighted by molar-refractivity contribution is 5.83. The molecule has 0 aliphatic carbocycles. The molecule has 4 N–H and O–H groups in total. The average Bonchev–Trinajstić information content (AvgIpc) is 2.76. The third-order valence-electron chi connectivity index (χ3n) is 5.53. The number of nitrogens with one attached hydrogen (secondary N) is 1. The normalized spacial score (nSPS) is 12.2. The van der Waals surface area contributed by atoms with Gasteiger partial charge < -0.3 is 20.6 Å². The number of hydrogen-bond donors (Lipinski definition) is 4. The van der Waals surface area contributed by atoms with Crippen LogP contribution in [0, 0.1) is 0 Å². The molecular formula is C26H41NO5. The Labute approximate surface area is 192 Å². The topological polar surface area (TPSA) is 107 Å². The Balaban J connectivity index is 2.11. The van der Waals surface area contributed by atoms with Gasteiger partial charge in [-0.15, -0.1) is 0 Å². The van der Waals surface area contributed by atoms with Gasteiger partial charge in [0.2, 0.25) is 5.91 Å². The lowest BCUT2D eigenvalue weighted by atomic mass is 10.0. The van der Waals surface area contributed by atoms with E-state index in [1.54, 1.807) is 0 Å². The van der Waals surface area contributed by atoms with Crippen LogP contribution in [0.4, 0.5) is 0 Å². The van der Waals surface area contributed by atoms with E-state index >= 15 is 0 Å². The molecular weight excluding hydrogens is 406 g/mol. The molecule has 0 aliphatic rings. The van der Waals surface area contributed by atoms with E-state index in [-0.39, 0.29) is 23.8 Å². The van der Waals surface area contributed by atoms with Gasteiger partial charge >= 0.3 is 5.97 Å². The molecule has 0 saturated heterocycles. The van der Waals surface area contributed by atoms with Crippen molar-refractivity contribution in [1.29, 1.82) is 0 Å². The standard InChI is InChI=1S/C26H41NO5/c1-2-3-4-5-6-7-8-9-10-11-12-13-14-15-16-25(30)27-22(26(31)32)19-21-17-18-23(28)24(29)20-21/h8-9,17-18,20,22,28-29H,2-7,10-16,19H2,1H3,(H,27,30)(H,31,32)/b9-8-/t22-/m0/s1. The minimum Gasteiger partial charge on any atom is -0.504 e. The highest BCUT2D eigenvalue weighted by Crippen LogP contribution is 2.25. The van der Waals surface area contributed by atoms with Crippen molar-refractivity contribution in [1.82, 2.24) is 5.32 Å². The molecule has 1 amide bonds. The fourth-order valence-electron chi connectivity index (χ4n) is 3.58. The summed E-state index contributed by atoms with van der Waals surface area (Å²) in [6, 6.07) is 3.07. The number of unbranched alkanes of at least 4 members (excludes halogenated alkanes) is 10. The second kappa shape index (κ2) is 17.1. The zero-order valence-corrected chi connectivity index (χ0v) is 19.5. The number of rotatable bonds is 18. The van der Waals surface area contributed by atoms with Gasteiger partial charge in [-0.25, -0.2) is 4.79 Å². The van der Waals surface area contributed by atoms with Crippen molar-refractivity contribution < 1.29 is 24.9 Å². The first kappa shape index (κ1) is 27.5. The smallest absolute Gasteiger partial charge is 0.326 e. The number of aromatic hydroxyl groups is 2. The second-order valence-corrected chi connectivity index (χ2v) is 8.47. The first-order valence-electron chi connectivity index (χ1n) is 12.1. The van der Waals surface area contributed by atoms with Gasteiger partial charge in [-0.05, 0) is 49.8 Å². The fourth-order valence-corrected chi connectivity index (χ4v) is 3.58. The molecule has 6 nitrogen and oxygen atoms in total. The molecule has 6 heteroatoms. The molecule has 1 aromatic rings. The number of carbonyl (C=O) groups excluding carboxylic acids is 1. The van der Waals surface area contributed by atoms with Gasteiger partial charge in [0, 0.05) is 12.8 Å². The Morgan fingerprint density at radius 1 is 0.875 bits per heavy atom. The van der Waals surface area contributed by atoms with E-state index in [1.807, 2.05) is 0 Å². The Morgan fingerprint density at radius 2 is 1.47 bits per heavy atom. The minimum atomic E-state index is -1.13. The Bertz CT molecular complexity index is 701. The van der Waals surface area contributed by atoms with Crippen LogP contribution in [0.1, 0.15) is 96.0 Å². The second-order valence-electron chi connectivity index (χ2n) is 8.47. The number of benzene rings is 1. The van der Waals surface area contributed by atoms with Crippen molar-refractivity contribution in [3.05, 3.63) is 35.9 Å². The Kier molecular flexibility index (Phi) is 14.7. The number of allylic oxidation sites excluding steroid dienone is 2. The van der Waals surface area contributed by atoms with Gasteiger partial charge in [0.05, 0.1) is 0 Å². The fraction of sp³-hybridized carbons (Fsp3) is 0.615. The lowest BCUT2D eigenvalue weighted by molar-refractivity contribution is -0.141. The van der Waals surface area contributed by atoms with E-state index < -0.39 is 12.0 Å². The molecule has 0 aromatic heterocycles. The summed E-state index contributed by atoms with van der Waals surface area (Å²) in [5.74, 6) is -1.98. The molecule has 0 radical (unpaired) electrons. The predicted octanol–water partition coefficient (Wildman–Crippen LogP) is 5.86. The summed E-state index contributed by atoms with van der Waals surface area (Å²) in [4.78, 5) is 23.6. The summed E-state index contributed by atoms with van der Waals surface area (Å²) >= 11 is 0. The van der Waals surface area contributed by atoms with Gasteiger partial charge in [-0.3, -0.25) is 4.79 Å². The Morgan fingerprint density at radius 3 is 2.06 bits per heavy atom. The largest absolute Gasteiger partial charge is 0.504 e. The highest BCUT2D eigenvalue weighted by Gasteiger charge is 2.20. The molecule has 32 heavy (non-hydrogen) atoms. The van der Waals surface area contributed by atoms with E-state index in [1.165, 1.54) is 63.1 Å². The summed E-state index contributed by atoms with van der Waals surface area (Å²) in [6.45, 7) is 2.23. The van der Waals surface area contributed by atoms with Gasteiger partial charge in [-0.1, -0.05) is 70.1 Å². The quantitative estimate of drug-likeness (QED) is 0.128. The third kappa shape index (κ3) is 13.0. The number of amides is 1. The van der Waals surface area contributed by atoms with Crippen molar-refractivity contribution in [2.45, 2.75) is 103 Å². The van der Waals surface area contributed by atoms with E-state index in [9.17, 15) is 24.9 Å². The SMILES string of the molecule is CCCCCCC/C=C\CCCCCCCC(=O)N[C@@H](Cc1ccc(O)c(O)c1)C(=O)O. The van der Waals surface area contributed by atoms with Gasteiger partial charge in [-0.2, -0.15) is 0 Å². The first-order chi connectivity index (χ1) is 15.4. The van der Waals surface area contributed by atoms with Crippen LogP contribution in [0.2, 0.25) is 0 Å². The monoisotopic (exact) mass is 447 g/mol. The van der Waals surface area contributed by atoms with Crippen LogP contribution in [-0.4, -0.2) is 33.2 Å². The Hall–Kier alpha value is -2.50. The molecule has 1 aromatic carbocycles. The summed E-state index contributed by atoms with van der Waals surface area (Å²) in [5, 5.41) is 30.8. The number of carboxylic acid groups (broad SMARTS) is 1. The van der Waals surface area contributed by atoms with E-state index in [0.29, 0.717) is 12.0 Å². The average molecular weight is 448 g/mol. The van der Waals surface area contributed by atoms with Crippen molar-refractivity contribution in [2.24, 2.45) is 0 Å². The third-order valence-corrected chi connectivity index (χ3v) is 5.53. The maximum Gasteiger partial charge on any atom is 0.326 e. The maximum absolute atomic E-state index is 12.1. The number of aliphatic carboxylic acids is 1. The molecule has 1 rings (SSSR count). The minimum absolute atomic E-state index is 0.0428. The molecule has 0 aliphatic heterocycles. The summed E-state index contributed by atoms with van der Waals surface area (Å²) in [5.41, 5.74) is 0.526. The van der Waals surface area contributed by atoms with Crippen LogP contribution in [-0.2, 0) is 16.0 Å². The van der Waals surface area contributed by atoms with Crippen LogP contribution in [0.3, 0.4) is 0 Å². The molecule has 180 valence electrons. The molecule has 0 saturated carbocycles. The number of carboxylic acids is 1. The van der Waals surface area contributed by atoms with Crippen LogP contribution < -0.4 is 5.32 Å². The van der Waals surface area contributed by atoms with E-state index in [2.05, 4.69) is 24.4 Å². The molecule has 0 fully saturated rings. The molecule has 0 spiro atoms. The predicted molar refractivity (Wildman–Crippen MR) is 128 cm³/mol. The van der Waals surface area contributed by atoms with Crippen LogP contribution in [0.5, 0.6) is 11.5 Å². The summed E-state index contributed by atoms with van der Waals surface area (Å²) < 4.78 is 0. The van der Waals surface area contributed by atoms with Crippen molar-refractivity contribution in [3.8, 4) is 11.5 Å². The summed E-state index contributed by atoms with van der Waals surface area (Å²) in [6.07, 6.45) is 18.9. The van der Waals surface area contributed by atoms with Crippen LogP contribution in [0.15, 0.2) is 30.4 Å². The zero-order chi connectivity index (χ0) is 23.6. The number of carbonyl (C=O) groups is 2. The van der Waals surface area contributed by atoms with Gasteiger partial charge in [0.25, 0.3) is 0 Å².